The molecule has 3 aliphatic rings. The van der Waals surface area contributed by atoms with E-state index in [0.29, 0.717) is 6.04 Å². The lowest BCUT2D eigenvalue weighted by Gasteiger charge is -2.44. The minimum absolute atomic E-state index is 0.619. The number of rotatable bonds is 1. The van der Waals surface area contributed by atoms with Crippen LogP contribution in [0.2, 0.25) is 0 Å². The van der Waals surface area contributed by atoms with Crippen LogP contribution in [-0.4, -0.2) is 34.3 Å². The molecule has 69 valence electrons. The summed E-state index contributed by atoms with van der Waals surface area (Å²) in [4.78, 5) is 2.55. The second-order valence-electron chi connectivity index (χ2n) is 4.13. The first kappa shape index (κ1) is 7.56. The van der Waals surface area contributed by atoms with Crippen molar-refractivity contribution in [1.29, 1.82) is 0 Å². The van der Waals surface area contributed by atoms with Crippen molar-refractivity contribution in [1.82, 2.24) is 14.7 Å². The van der Waals surface area contributed by atoms with Crippen LogP contribution in [-0.2, 0) is 0 Å². The molecule has 3 fully saturated rings. The van der Waals surface area contributed by atoms with Gasteiger partial charge < -0.3 is 4.90 Å². The maximum absolute atomic E-state index is 4.29. The zero-order valence-electron chi connectivity index (χ0n) is 7.69. The molecule has 0 aromatic carbocycles. The van der Waals surface area contributed by atoms with Gasteiger partial charge in [0.15, 0.2) is 0 Å². The number of fused-ring (bicyclic) bond motifs is 3. The van der Waals surface area contributed by atoms with Gasteiger partial charge in [-0.15, -0.1) is 0 Å². The van der Waals surface area contributed by atoms with Gasteiger partial charge >= 0.3 is 0 Å². The van der Waals surface area contributed by atoms with Gasteiger partial charge in [-0.2, -0.15) is 5.10 Å². The van der Waals surface area contributed by atoms with Gasteiger partial charge in [0.1, 0.15) is 0 Å². The van der Waals surface area contributed by atoms with Crippen molar-refractivity contribution in [3.05, 3.63) is 18.5 Å². The highest BCUT2D eigenvalue weighted by Crippen LogP contribution is 2.34. The number of hydrogen-bond donors (Lipinski definition) is 0. The zero-order valence-corrected chi connectivity index (χ0v) is 7.69. The van der Waals surface area contributed by atoms with E-state index in [1.807, 2.05) is 6.20 Å². The van der Waals surface area contributed by atoms with E-state index in [2.05, 4.69) is 20.7 Å². The first-order chi connectivity index (χ1) is 6.43. The topological polar surface area (TPSA) is 21.1 Å². The summed E-state index contributed by atoms with van der Waals surface area (Å²) in [7, 11) is 0. The molecule has 1 aromatic rings. The Bertz CT molecular complexity index is 272. The molecule has 3 nitrogen and oxygen atoms in total. The summed E-state index contributed by atoms with van der Waals surface area (Å²) in [6, 6.07) is 3.64. The summed E-state index contributed by atoms with van der Waals surface area (Å²) in [5.41, 5.74) is 0. The van der Waals surface area contributed by atoms with Crippen LogP contribution in [0.15, 0.2) is 12.4 Å². The van der Waals surface area contributed by atoms with E-state index in [1.165, 1.54) is 32.5 Å². The number of aromatic nitrogens is 2. The summed E-state index contributed by atoms with van der Waals surface area (Å²) < 4.78 is 2.09. The van der Waals surface area contributed by atoms with Crippen molar-refractivity contribution in [2.24, 2.45) is 5.92 Å². The SMILES string of the molecule is [c]1cnn(C2CN3CCC2CC3)c1. The molecule has 1 aromatic heterocycles. The highest BCUT2D eigenvalue weighted by Gasteiger charge is 2.35. The van der Waals surface area contributed by atoms with Crippen molar-refractivity contribution >= 4 is 0 Å². The van der Waals surface area contributed by atoms with Crippen molar-refractivity contribution in [3.63, 3.8) is 0 Å². The maximum atomic E-state index is 4.29. The first-order valence-corrected chi connectivity index (χ1v) is 5.06. The fraction of sp³-hybridized carbons (Fsp3) is 0.700. The van der Waals surface area contributed by atoms with Gasteiger partial charge in [-0.05, 0) is 31.8 Å². The van der Waals surface area contributed by atoms with E-state index in [-0.39, 0.29) is 0 Å². The molecule has 4 rings (SSSR count). The van der Waals surface area contributed by atoms with Crippen LogP contribution in [0.1, 0.15) is 18.9 Å². The largest absolute Gasteiger partial charge is 0.301 e. The lowest BCUT2D eigenvalue weighted by atomic mass is 9.84. The molecule has 0 aliphatic carbocycles. The van der Waals surface area contributed by atoms with Crippen LogP contribution in [0.25, 0.3) is 0 Å². The Morgan fingerprint density at radius 2 is 2.15 bits per heavy atom. The Kier molecular flexibility index (Phi) is 1.65. The Labute approximate surface area is 78.3 Å². The number of hydrogen-bond acceptors (Lipinski definition) is 2. The Hall–Kier alpha value is -0.830. The molecule has 3 aliphatic heterocycles. The monoisotopic (exact) mass is 176 g/mol. The number of piperidine rings is 3. The Morgan fingerprint density at radius 3 is 2.69 bits per heavy atom. The van der Waals surface area contributed by atoms with E-state index >= 15 is 0 Å². The second-order valence-corrected chi connectivity index (χ2v) is 4.13. The lowest BCUT2D eigenvalue weighted by molar-refractivity contribution is 0.0512. The van der Waals surface area contributed by atoms with Gasteiger partial charge in [0.2, 0.25) is 0 Å². The number of nitrogens with zero attached hydrogens (tertiary/aromatic N) is 3. The quantitative estimate of drug-likeness (QED) is 0.635. The molecule has 0 N–H and O–H groups in total. The van der Waals surface area contributed by atoms with E-state index in [0.717, 1.165) is 5.92 Å². The van der Waals surface area contributed by atoms with Gasteiger partial charge in [-0.25, -0.2) is 0 Å². The summed E-state index contributed by atoms with van der Waals surface area (Å²) in [6.07, 6.45) is 6.44. The third-order valence-electron chi connectivity index (χ3n) is 3.43. The normalized spacial score (nSPS) is 38.0. The van der Waals surface area contributed by atoms with Gasteiger partial charge in [0.25, 0.3) is 0 Å². The van der Waals surface area contributed by atoms with Gasteiger partial charge in [-0.1, -0.05) is 0 Å². The van der Waals surface area contributed by atoms with Crippen molar-refractivity contribution in [2.45, 2.75) is 18.9 Å². The Balaban J connectivity index is 1.85. The third kappa shape index (κ3) is 1.18. The molecule has 0 spiro atoms. The first-order valence-electron chi connectivity index (χ1n) is 5.06. The fourth-order valence-electron chi connectivity index (χ4n) is 2.66. The van der Waals surface area contributed by atoms with Gasteiger partial charge in [0.05, 0.1) is 12.2 Å². The Morgan fingerprint density at radius 1 is 1.31 bits per heavy atom. The maximum Gasteiger partial charge on any atom is 0.0675 e. The molecule has 2 bridgehead atoms. The molecule has 1 atom stereocenters. The molecule has 3 saturated heterocycles. The second kappa shape index (κ2) is 2.84. The van der Waals surface area contributed by atoms with Crippen LogP contribution in [0, 0.1) is 12.0 Å². The van der Waals surface area contributed by atoms with Crippen LogP contribution >= 0.6 is 0 Å². The van der Waals surface area contributed by atoms with E-state index in [1.54, 1.807) is 6.20 Å². The molecule has 0 saturated carbocycles. The van der Waals surface area contributed by atoms with E-state index in [4.69, 9.17) is 0 Å². The minimum atomic E-state index is 0.619. The third-order valence-corrected chi connectivity index (χ3v) is 3.43. The van der Waals surface area contributed by atoms with Gasteiger partial charge in [-0.3, -0.25) is 4.68 Å². The lowest BCUT2D eigenvalue weighted by Crippen LogP contribution is -2.48. The van der Waals surface area contributed by atoms with Crippen LogP contribution in [0.4, 0.5) is 0 Å². The average Bonchev–Trinajstić information content (AvgIpc) is 2.72. The van der Waals surface area contributed by atoms with Crippen molar-refractivity contribution < 1.29 is 0 Å². The standard InChI is InChI=1S/C10H14N3/c1-4-11-13(5-1)10-8-12-6-2-9(10)3-7-12/h4-5,9-10H,2-3,6-8H2. The zero-order chi connectivity index (χ0) is 8.67. The molecule has 0 amide bonds. The fourth-order valence-corrected chi connectivity index (χ4v) is 2.66. The molecule has 1 radical (unpaired) electrons. The van der Waals surface area contributed by atoms with Crippen molar-refractivity contribution in [2.75, 3.05) is 19.6 Å². The summed E-state index contributed by atoms with van der Waals surface area (Å²) in [6.45, 7) is 3.79. The molecule has 4 heterocycles. The predicted molar refractivity (Wildman–Crippen MR) is 49.3 cm³/mol. The molecule has 3 heteroatoms. The smallest absolute Gasteiger partial charge is 0.0675 e. The van der Waals surface area contributed by atoms with Crippen LogP contribution in [0.5, 0.6) is 0 Å². The molecular weight excluding hydrogens is 162 g/mol. The van der Waals surface area contributed by atoms with E-state index < -0.39 is 0 Å². The highest BCUT2D eigenvalue weighted by atomic mass is 15.3. The predicted octanol–water partition coefficient (Wildman–Crippen LogP) is 0.950. The summed E-state index contributed by atoms with van der Waals surface area (Å²) in [5.74, 6) is 0.860. The molecular formula is C10H14N3. The minimum Gasteiger partial charge on any atom is -0.301 e. The van der Waals surface area contributed by atoms with Crippen LogP contribution in [0.3, 0.4) is 0 Å². The van der Waals surface area contributed by atoms with Crippen LogP contribution < -0.4 is 0 Å². The molecule has 1 unspecified atom stereocenters. The van der Waals surface area contributed by atoms with Gasteiger partial charge in [0, 0.05) is 18.8 Å². The summed E-state index contributed by atoms with van der Waals surface area (Å²) in [5, 5.41) is 4.29. The molecule has 13 heavy (non-hydrogen) atoms. The average molecular weight is 176 g/mol. The van der Waals surface area contributed by atoms with Crippen molar-refractivity contribution in [3.8, 4) is 0 Å². The summed E-state index contributed by atoms with van der Waals surface area (Å²) >= 11 is 0. The van der Waals surface area contributed by atoms with E-state index in [9.17, 15) is 0 Å². The highest BCUT2D eigenvalue weighted by molar-refractivity contribution is 4.91.